The van der Waals surface area contributed by atoms with Crippen molar-refractivity contribution in [3.63, 3.8) is 0 Å². The standard InChI is InChI=1S/C8H6N2S2/c11-7-5-12-8(10-7)6-2-1-3-9-4-6/h1-5,11H. The van der Waals surface area contributed by atoms with E-state index in [2.05, 4.69) is 22.6 Å². The lowest BCUT2D eigenvalue weighted by Crippen LogP contribution is -1.76. The van der Waals surface area contributed by atoms with E-state index in [4.69, 9.17) is 0 Å². The predicted molar refractivity (Wildman–Crippen MR) is 52.6 cm³/mol. The van der Waals surface area contributed by atoms with Crippen LogP contribution < -0.4 is 0 Å². The molecule has 2 aromatic rings. The smallest absolute Gasteiger partial charge is 0.126 e. The summed E-state index contributed by atoms with van der Waals surface area (Å²) in [5, 5.41) is 3.64. The number of thiol groups is 1. The molecule has 0 aromatic carbocycles. The highest BCUT2D eigenvalue weighted by Gasteiger charge is 2.00. The highest BCUT2D eigenvalue weighted by Crippen LogP contribution is 2.23. The van der Waals surface area contributed by atoms with Gasteiger partial charge >= 0.3 is 0 Å². The zero-order valence-corrected chi connectivity index (χ0v) is 7.85. The molecular weight excluding hydrogens is 188 g/mol. The van der Waals surface area contributed by atoms with Crippen molar-refractivity contribution in [1.29, 1.82) is 0 Å². The first-order chi connectivity index (χ1) is 5.86. The largest absolute Gasteiger partial charge is 0.264 e. The van der Waals surface area contributed by atoms with Gasteiger partial charge in [-0.2, -0.15) is 0 Å². The number of rotatable bonds is 1. The lowest BCUT2D eigenvalue weighted by atomic mass is 10.3. The maximum Gasteiger partial charge on any atom is 0.126 e. The minimum absolute atomic E-state index is 0.763. The van der Waals surface area contributed by atoms with Crippen LogP contribution in [-0.2, 0) is 0 Å². The number of thiazole rings is 1. The Bertz CT molecular complexity index is 370. The number of pyridine rings is 1. The van der Waals surface area contributed by atoms with Crippen LogP contribution in [0.1, 0.15) is 0 Å². The van der Waals surface area contributed by atoms with E-state index in [1.165, 1.54) is 0 Å². The van der Waals surface area contributed by atoms with Crippen molar-refractivity contribution in [3.05, 3.63) is 29.9 Å². The van der Waals surface area contributed by atoms with Crippen LogP contribution in [-0.4, -0.2) is 9.97 Å². The lowest BCUT2D eigenvalue weighted by Gasteiger charge is -1.91. The van der Waals surface area contributed by atoms with Gasteiger partial charge < -0.3 is 0 Å². The molecule has 0 aliphatic rings. The molecule has 0 aliphatic heterocycles. The van der Waals surface area contributed by atoms with Crippen molar-refractivity contribution < 1.29 is 0 Å². The van der Waals surface area contributed by atoms with Crippen LogP contribution in [0.2, 0.25) is 0 Å². The number of nitrogens with zero attached hydrogens (tertiary/aromatic N) is 2. The maximum atomic E-state index is 4.22. The van der Waals surface area contributed by atoms with Gasteiger partial charge in [0.25, 0.3) is 0 Å². The molecular formula is C8H6N2S2. The molecule has 60 valence electrons. The molecule has 0 fully saturated rings. The topological polar surface area (TPSA) is 25.8 Å². The fourth-order valence-corrected chi connectivity index (χ4v) is 1.89. The third kappa shape index (κ3) is 1.49. The van der Waals surface area contributed by atoms with Gasteiger partial charge in [0.1, 0.15) is 10.0 Å². The molecule has 0 amide bonds. The minimum Gasteiger partial charge on any atom is -0.264 e. The van der Waals surface area contributed by atoms with E-state index in [-0.39, 0.29) is 0 Å². The van der Waals surface area contributed by atoms with E-state index in [0.29, 0.717) is 0 Å². The normalized spacial score (nSPS) is 10.1. The quantitative estimate of drug-likeness (QED) is 0.706. The maximum absolute atomic E-state index is 4.22. The second-order valence-corrected chi connectivity index (χ2v) is 3.57. The first-order valence-corrected chi connectivity index (χ1v) is 4.74. The minimum atomic E-state index is 0.763. The monoisotopic (exact) mass is 194 g/mol. The molecule has 2 heterocycles. The van der Waals surface area contributed by atoms with Crippen molar-refractivity contribution in [3.8, 4) is 10.6 Å². The Labute approximate surface area is 79.7 Å². The Morgan fingerprint density at radius 3 is 2.92 bits per heavy atom. The molecule has 0 saturated heterocycles. The molecule has 0 radical (unpaired) electrons. The van der Waals surface area contributed by atoms with Gasteiger partial charge in [-0.1, -0.05) is 0 Å². The van der Waals surface area contributed by atoms with Gasteiger partial charge in [0.15, 0.2) is 0 Å². The van der Waals surface area contributed by atoms with Crippen LogP contribution in [0.4, 0.5) is 0 Å². The summed E-state index contributed by atoms with van der Waals surface area (Å²) in [7, 11) is 0. The third-order valence-corrected chi connectivity index (χ3v) is 2.70. The van der Waals surface area contributed by atoms with E-state index in [0.717, 1.165) is 15.6 Å². The van der Waals surface area contributed by atoms with Crippen molar-refractivity contribution in [1.82, 2.24) is 9.97 Å². The zero-order chi connectivity index (χ0) is 8.39. The van der Waals surface area contributed by atoms with Crippen molar-refractivity contribution in [2.75, 3.05) is 0 Å². The van der Waals surface area contributed by atoms with Crippen molar-refractivity contribution in [2.24, 2.45) is 0 Å². The third-order valence-electron chi connectivity index (χ3n) is 1.40. The molecule has 0 atom stereocenters. The second kappa shape index (κ2) is 3.25. The van der Waals surface area contributed by atoms with Crippen LogP contribution in [0.5, 0.6) is 0 Å². The van der Waals surface area contributed by atoms with E-state index in [1.807, 2.05) is 17.5 Å². The van der Waals surface area contributed by atoms with Gasteiger partial charge in [0.2, 0.25) is 0 Å². The lowest BCUT2D eigenvalue weighted by molar-refractivity contribution is 1.21. The summed E-state index contributed by atoms with van der Waals surface area (Å²) in [4.78, 5) is 8.24. The summed E-state index contributed by atoms with van der Waals surface area (Å²) >= 11 is 5.71. The highest BCUT2D eigenvalue weighted by molar-refractivity contribution is 7.80. The van der Waals surface area contributed by atoms with Crippen molar-refractivity contribution >= 4 is 24.0 Å². The Hall–Kier alpha value is -0.870. The molecule has 0 unspecified atom stereocenters. The molecule has 0 spiro atoms. The van der Waals surface area contributed by atoms with E-state index in [1.54, 1.807) is 23.7 Å². The fraction of sp³-hybridized carbons (Fsp3) is 0. The summed E-state index contributed by atoms with van der Waals surface area (Å²) in [5.74, 6) is 0. The van der Waals surface area contributed by atoms with Crippen molar-refractivity contribution in [2.45, 2.75) is 5.03 Å². The van der Waals surface area contributed by atoms with Gasteiger partial charge in [-0.3, -0.25) is 4.98 Å². The molecule has 12 heavy (non-hydrogen) atoms. The molecule has 0 N–H and O–H groups in total. The first kappa shape index (κ1) is 7.76. The number of aromatic nitrogens is 2. The summed E-state index contributed by atoms with van der Waals surface area (Å²) < 4.78 is 0. The fourth-order valence-electron chi connectivity index (χ4n) is 0.887. The van der Waals surface area contributed by atoms with Gasteiger partial charge in [-0.15, -0.1) is 24.0 Å². The Morgan fingerprint density at radius 1 is 1.42 bits per heavy atom. The molecule has 4 heteroatoms. The molecule has 0 saturated carbocycles. The summed E-state index contributed by atoms with van der Waals surface area (Å²) in [6, 6.07) is 3.88. The van der Waals surface area contributed by atoms with Gasteiger partial charge in [-0.05, 0) is 12.1 Å². The summed E-state index contributed by atoms with van der Waals surface area (Å²) in [6.07, 6.45) is 3.55. The molecule has 2 rings (SSSR count). The Balaban J connectivity index is 2.45. The molecule has 2 aromatic heterocycles. The Morgan fingerprint density at radius 2 is 2.33 bits per heavy atom. The highest BCUT2D eigenvalue weighted by atomic mass is 32.1. The molecule has 0 bridgehead atoms. The van der Waals surface area contributed by atoms with Crippen LogP contribution in [0.15, 0.2) is 34.9 Å². The number of hydrogen-bond donors (Lipinski definition) is 1. The first-order valence-electron chi connectivity index (χ1n) is 3.41. The second-order valence-electron chi connectivity index (χ2n) is 2.25. The van der Waals surface area contributed by atoms with Gasteiger partial charge in [0.05, 0.1) is 0 Å². The van der Waals surface area contributed by atoms with Crippen LogP contribution in [0, 0.1) is 0 Å². The van der Waals surface area contributed by atoms with Crippen LogP contribution in [0.3, 0.4) is 0 Å². The SMILES string of the molecule is Sc1csc(-c2cccnc2)n1. The predicted octanol–water partition coefficient (Wildman–Crippen LogP) is 2.49. The average molecular weight is 194 g/mol. The van der Waals surface area contributed by atoms with E-state index < -0.39 is 0 Å². The van der Waals surface area contributed by atoms with E-state index >= 15 is 0 Å². The molecule has 2 nitrogen and oxygen atoms in total. The van der Waals surface area contributed by atoms with E-state index in [9.17, 15) is 0 Å². The van der Waals surface area contributed by atoms with Gasteiger partial charge in [0, 0.05) is 23.3 Å². The average Bonchev–Trinajstić information content (AvgIpc) is 2.54. The number of hydrogen-bond acceptors (Lipinski definition) is 4. The summed E-state index contributed by atoms with van der Waals surface area (Å²) in [5.41, 5.74) is 1.04. The Kier molecular flexibility index (Phi) is 2.10. The molecule has 0 aliphatic carbocycles. The zero-order valence-electron chi connectivity index (χ0n) is 6.14. The summed E-state index contributed by atoms with van der Waals surface area (Å²) in [6.45, 7) is 0. The van der Waals surface area contributed by atoms with Crippen LogP contribution in [0.25, 0.3) is 10.6 Å². The van der Waals surface area contributed by atoms with Gasteiger partial charge in [-0.25, -0.2) is 4.98 Å². The van der Waals surface area contributed by atoms with Crippen LogP contribution >= 0.6 is 24.0 Å².